The second-order valence-electron chi connectivity index (χ2n) is 1.93. The monoisotopic (exact) mass is 359 g/mol. The first-order valence-corrected chi connectivity index (χ1v) is 4.90. The van der Waals surface area contributed by atoms with Crippen LogP contribution >= 0.6 is 45.5 Å². The van der Waals surface area contributed by atoms with E-state index in [1.54, 1.807) is 0 Å². The van der Waals surface area contributed by atoms with E-state index >= 15 is 0 Å². The number of halogens is 2. The highest BCUT2D eigenvalue weighted by molar-refractivity contribution is 14.1. The molecule has 0 aliphatic heterocycles. The largest absolute Gasteiger partial charge is 0.317 e. The zero-order chi connectivity index (χ0) is 7.56. The summed E-state index contributed by atoms with van der Waals surface area (Å²) in [7, 11) is 2.04. The van der Waals surface area contributed by atoms with Gasteiger partial charge in [0.1, 0.15) is 0 Å². The van der Waals surface area contributed by atoms with Gasteiger partial charge in [-0.15, -0.1) is 0 Å². The molecule has 0 aliphatic carbocycles. The number of hydrogen-bond acceptors (Lipinski definition) is 1. The molecular formula is C7H7I2N. The fraction of sp³-hybridized carbons (Fsp3) is 0.143. The van der Waals surface area contributed by atoms with E-state index < -0.39 is 0 Å². The summed E-state index contributed by atoms with van der Waals surface area (Å²) < 4.78 is 3.37. The van der Waals surface area contributed by atoms with Gasteiger partial charge in [0.15, 0.2) is 0 Å². The number of para-hydroxylation sites is 1. The molecule has 10 heavy (non-hydrogen) atoms. The minimum absolute atomic E-state index is 1.27. The summed E-state index contributed by atoms with van der Waals surface area (Å²) in [5, 5.41) is 0. The SMILES string of the molecule is CN(I)c1ccccc1I. The van der Waals surface area contributed by atoms with Crippen molar-refractivity contribution >= 4 is 51.1 Å². The average Bonchev–Trinajstić information content (AvgIpc) is 1.88. The molecule has 0 aliphatic rings. The first kappa shape index (κ1) is 8.58. The van der Waals surface area contributed by atoms with Gasteiger partial charge >= 0.3 is 0 Å². The van der Waals surface area contributed by atoms with E-state index in [0.29, 0.717) is 0 Å². The maximum absolute atomic E-state index is 2.33. The lowest BCUT2D eigenvalue weighted by molar-refractivity contribution is 1.39. The van der Waals surface area contributed by atoms with Crippen molar-refractivity contribution in [1.82, 2.24) is 0 Å². The van der Waals surface area contributed by atoms with Crippen molar-refractivity contribution in [2.24, 2.45) is 0 Å². The Bertz CT molecular complexity index is 223. The van der Waals surface area contributed by atoms with Crippen molar-refractivity contribution < 1.29 is 0 Å². The third-order valence-corrected chi connectivity index (χ3v) is 2.62. The second-order valence-corrected chi connectivity index (χ2v) is 4.54. The minimum atomic E-state index is 1.27. The normalized spacial score (nSPS) is 9.50. The topological polar surface area (TPSA) is 3.24 Å². The van der Waals surface area contributed by atoms with Crippen LogP contribution < -0.4 is 3.11 Å². The fourth-order valence-corrected chi connectivity index (χ4v) is 2.33. The van der Waals surface area contributed by atoms with Gasteiger partial charge in [0.05, 0.1) is 28.6 Å². The molecule has 0 unspecified atom stereocenters. The van der Waals surface area contributed by atoms with Gasteiger partial charge in [-0.1, -0.05) is 12.1 Å². The Labute approximate surface area is 88.4 Å². The highest BCUT2D eigenvalue weighted by Crippen LogP contribution is 2.22. The van der Waals surface area contributed by atoms with E-state index in [1.165, 1.54) is 9.26 Å². The Morgan fingerprint density at radius 3 is 2.30 bits per heavy atom. The standard InChI is InChI=1S/C7H7I2N/c1-10(9)7-5-3-2-4-6(7)8/h2-5H,1H3. The van der Waals surface area contributed by atoms with Gasteiger partial charge in [-0.05, 0) is 34.7 Å². The van der Waals surface area contributed by atoms with Gasteiger partial charge < -0.3 is 3.11 Å². The zero-order valence-electron chi connectivity index (χ0n) is 5.51. The fourth-order valence-electron chi connectivity index (χ4n) is 0.702. The molecule has 3 heteroatoms. The molecule has 0 fully saturated rings. The summed E-state index contributed by atoms with van der Waals surface area (Å²) in [6.45, 7) is 0. The third-order valence-electron chi connectivity index (χ3n) is 1.18. The lowest BCUT2D eigenvalue weighted by atomic mass is 10.3. The van der Waals surface area contributed by atoms with Crippen LogP contribution in [-0.2, 0) is 0 Å². The number of hydrogen-bond donors (Lipinski definition) is 0. The molecule has 54 valence electrons. The summed E-state index contributed by atoms with van der Waals surface area (Å²) in [5.41, 5.74) is 1.27. The van der Waals surface area contributed by atoms with Crippen LogP contribution in [0.5, 0.6) is 0 Å². The van der Waals surface area contributed by atoms with Gasteiger partial charge in [-0.2, -0.15) is 0 Å². The Morgan fingerprint density at radius 2 is 1.90 bits per heavy atom. The Balaban J connectivity index is 3.03. The first-order chi connectivity index (χ1) is 4.72. The Hall–Kier alpha value is 0.480. The van der Waals surface area contributed by atoms with Crippen LogP contribution in [0, 0.1) is 3.57 Å². The first-order valence-electron chi connectivity index (χ1n) is 2.86. The number of anilines is 1. The van der Waals surface area contributed by atoms with Gasteiger partial charge in [0.2, 0.25) is 0 Å². The van der Waals surface area contributed by atoms with Crippen LogP contribution in [0.15, 0.2) is 24.3 Å². The molecule has 0 spiro atoms. The average molecular weight is 359 g/mol. The van der Waals surface area contributed by atoms with Crippen LogP contribution in [0.25, 0.3) is 0 Å². The molecule has 0 radical (unpaired) electrons. The molecule has 0 saturated heterocycles. The van der Waals surface area contributed by atoms with E-state index in [4.69, 9.17) is 0 Å². The van der Waals surface area contributed by atoms with E-state index in [2.05, 4.69) is 60.7 Å². The molecule has 1 rings (SSSR count). The maximum Gasteiger partial charge on any atom is 0.0588 e. The maximum atomic E-state index is 2.33. The number of nitrogens with zero attached hydrogens (tertiary/aromatic N) is 1. The predicted octanol–water partition coefficient (Wildman–Crippen LogP) is 3.08. The molecular weight excluding hydrogens is 352 g/mol. The molecule has 1 nitrogen and oxygen atoms in total. The van der Waals surface area contributed by atoms with Crippen molar-refractivity contribution in [2.45, 2.75) is 0 Å². The molecule has 0 N–H and O–H groups in total. The molecule has 0 aromatic heterocycles. The molecule has 1 aromatic carbocycles. The number of benzene rings is 1. The van der Waals surface area contributed by atoms with Crippen LogP contribution in [0.1, 0.15) is 0 Å². The summed E-state index contributed by atoms with van der Waals surface area (Å²) >= 11 is 4.59. The van der Waals surface area contributed by atoms with Crippen molar-refractivity contribution in [3.63, 3.8) is 0 Å². The quantitative estimate of drug-likeness (QED) is 0.551. The second kappa shape index (κ2) is 3.75. The van der Waals surface area contributed by atoms with E-state index in [9.17, 15) is 0 Å². The third kappa shape index (κ3) is 1.98. The van der Waals surface area contributed by atoms with Crippen LogP contribution in [0.3, 0.4) is 0 Å². The van der Waals surface area contributed by atoms with Gasteiger partial charge in [-0.3, -0.25) is 0 Å². The van der Waals surface area contributed by atoms with Gasteiger partial charge in [0.25, 0.3) is 0 Å². The summed E-state index contributed by atoms with van der Waals surface area (Å²) in [5.74, 6) is 0. The van der Waals surface area contributed by atoms with E-state index in [0.717, 1.165) is 0 Å². The van der Waals surface area contributed by atoms with Crippen molar-refractivity contribution in [3.05, 3.63) is 27.8 Å². The van der Waals surface area contributed by atoms with Crippen molar-refractivity contribution in [1.29, 1.82) is 0 Å². The summed E-state index contributed by atoms with van der Waals surface area (Å²) in [4.78, 5) is 0. The molecule has 0 heterocycles. The number of rotatable bonds is 1. The Morgan fingerprint density at radius 1 is 1.30 bits per heavy atom. The highest BCUT2D eigenvalue weighted by atomic mass is 127. The summed E-state index contributed by atoms with van der Waals surface area (Å²) in [6, 6.07) is 8.30. The van der Waals surface area contributed by atoms with E-state index in [-0.39, 0.29) is 0 Å². The van der Waals surface area contributed by atoms with Gasteiger partial charge in [0, 0.05) is 10.6 Å². The predicted molar refractivity (Wildman–Crippen MR) is 61.6 cm³/mol. The van der Waals surface area contributed by atoms with Crippen LogP contribution in [0.4, 0.5) is 5.69 Å². The Kier molecular flexibility index (Phi) is 3.22. The zero-order valence-corrected chi connectivity index (χ0v) is 9.83. The smallest absolute Gasteiger partial charge is 0.0588 e. The van der Waals surface area contributed by atoms with Crippen molar-refractivity contribution in [3.8, 4) is 0 Å². The minimum Gasteiger partial charge on any atom is -0.317 e. The molecule has 0 atom stereocenters. The molecule has 0 saturated carbocycles. The summed E-state index contributed by atoms with van der Waals surface area (Å²) in [6.07, 6.45) is 0. The lowest BCUT2D eigenvalue weighted by Crippen LogP contribution is -2.00. The molecule has 1 aromatic rings. The molecule has 0 amide bonds. The molecule has 0 bridgehead atoms. The van der Waals surface area contributed by atoms with Crippen molar-refractivity contribution in [2.75, 3.05) is 10.2 Å². The van der Waals surface area contributed by atoms with Gasteiger partial charge in [-0.25, -0.2) is 0 Å². The van der Waals surface area contributed by atoms with Crippen LogP contribution in [-0.4, -0.2) is 7.05 Å². The van der Waals surface area contributed by atoms with E-state index in [1.807, 2.05) is 19.2 Å². The highest BCUT2D eigenvalue weighted by Gasteiger charge is 1.98. The van der Waals surface area contributed by atoms with Crippen LogP contribution in [0.2, 0.25) is 0 Å². The lowest BCUT2D eigenvalue weighted by Gasteiger charge is -2.10.